The number of anilines is 4. The lowest BCUT2D eigenvalue weighted by molar-refractivity contribution is 0.212. The fourth-order valence-corrected chi connectivity index (χ4v) is 9.32. The van der Waals surface area contributed by atoms with Gasteiger partial charge in [-0.3, -0.25) is 28.1 Å². The quantitative estimate of drug-likeness (QED) is 0.170. The summed E-state index contributed by atoms with van der Waals surface area (Å²) in [4.78, 5) is 46.3. The molecule has 2 saturated heterocycles. The van der Waals surface area contributed by atoms with Gasteiger partial charge in [0.1, 0.15) is 34.6 Å². The molecule has 8 heterocycles. The molecule has 4 fully saturated rings. The molecule has 0 aromatic carbocycles. The van der Waals surface area contributed by atoms with E-state index < -0.39 is 0 Å². The van der Waals surface area contributed by atoms with Gasteiger partial charge in [-0.25, -0.2) is 9.97 Å². The Bertz CT molecular complexity index is 2730. The van der Waals surface area contributed by atoms with Crippen molar-refractivity contribution in [2.75, 3.05) is 43.9 Å². The van der Waals surface area contributed by atoms with E-state index in [0.717, 1.165) is 115 Å². The number of rotatable bonds is 8. The van der Waals surface area contributed by atoms with Crippen LogP contribution in [0.1, 0.15) is 112 Å². The van der Waals surface area contributed by atoms with Crippen LogP contribution in [0.4, 0.5) is 23.3 Å². The van der Waals surface area contributed by atoms with Crippen molar-refractivity contribution in [2.45, 2.75) is 101 Å². The highest BCUT2D eigenvalue weighted by atomic mass is 16.1. The molecule has 0 unspecified atom stereocenters. The molecule has 2 aliphatic carbocycles. The minimum Gasteiger partial charge on any atom is -0.321 e. The molecule has 2 aliphatic heterocycles. The summed E-state index contributed by atoms with van der Waals surface area (Å²) in [5, 5.41) is 39.0. The molecule has 0 radical (unpaired) electrons. The molecular weight excluding hydrogens is 773 g/mol. The maximum atomic E-state index is 12.9. The number of nitrogens with zero attached hydrogens (tertiary/aromatic N) is 13. The number of hydrogen-bond donors (Lipinski definition) is 3. The summed E-state index contributed by atoms with van der Waals surface area (Å²) < 4.78 is 7.42. The lowest BCUT2D eigenvalue weighted by Gasteiger charge is -2.28. The second-order valence-corrected chi connectivity index (χ2v) is 16.7. The van der Waals surface area contributed by atoms with Gasteiger partial charge in [0.05, 0.1) is 35.9 Å². The Morgan fingerprint density at radius 1 is 0.623 bits per heavy atom. The van der Waals surface area contributed by atoms with E-state index >= 15 is 0 Å². The van der Waals surface area contributed by atoms with Gasteiger partial charge in [0.25, 0.3) is 11.1 Å². The molecule has 0 spiro atoms. The normalized spacial score (nSPS) is 18.2. The molecule has 18 heteroatoms. The van der Waals surface area contributed by atoms with Crippen molar-refractivity contribution >= 4 is 45.3 Å². The minimum atomic E-state index is -0.264. The molecule has 314 valence electrons. The van der Waals surface area contributed by atoms with Gasteiger partial charge in [-0.05, 0) is 96.7 Å². The number of fused-ring (bicyclic) bond motifs is 2. The SMILES string of the molecule is CN1CCC(n2cc(Nc3ncc4cc(C#N)c(=O)n(C5CCCC5)c4n3)cn2)CC1.N#Cc1cc2cnc(Nc3cnn(C4CCNCC4)c3)nc2n(C2CCCC2)c1=O. The summed E-state index contributed by atoms with van der Waals surface area (Å²) >= 11 is 0. The molecule has 61 heavy (non-hydrogen) atoms. The number of likely N-dealkylation sites (tertiary alicyclic amines) is 1. The van der Waals surface area contributed by atoms with Crippen molar-refractivity contribution < 1.29 is 0 Å². The predicted molar refractivity (Wildman–Crippen MR) is 230 cm³/mol. The van der Waals surface area contributed by atoms with E-state index in [-0.39, 0.29) is 34.3 Å². The van der Waals surface area contributed by atoms with E-state index in [0.29, 0.717) is 46.0 Å². The first kappa shape index (κ1) is 39.9. The topological polar surface area (TPSA) is 218 Å². The van der Waals surface area contributed by atoms with E-state index in [1.165, 1.54) is 0 Å². The summed E-state index contributed by atoms with van der Waals surface area (Å²) in [6.07, 6.45) is 23.2. The van der Waals surface area contributed by atoms with Crippen LogP contribution < -0.4 is 27.1 Å². The monoisotopic (exact) mass is 822 g/mol. The van der Waals surface area contributed by atoms with E-state index in [2.05, 4.69) is 58.0 Å². The zero-order valence-corrected chi connectivity index (χ0v) is 34.4. The fraction of sp³-hybridized carbons (Fsp3) is 0.488. The molecule has 2 saturated carbocycles. The molecule has 18 nitrogen and oxygen atoms in total. The number of aromatic nitrogens is 10. The number of pyridine rings is 2. The molecule has 3 N–H and O–H groups in total. The van der Waals surface area contributed by atoms with Gasteiger partial charge in [0.2, 0.25) is 11.9 Å². The van der Waals surface area contributed by atoms with Crippen LogP contribution in [0.15, 0.2) is 58.9 Å². The largest absolute Gasteiger partial charge is 0.321 e. The minimum absolute atomic E-state index is 0.0817. The summed E-state index contributed by atoms with van der Waals surface area (Å²) in [7, 11) is 2.15. The summed E-state index contributed by atoms with van der Waals surface area (Å²) in [6.45, 7) is 4.16. The first-order valence-corrected chi connectivity index (χ1v) is 21.5. The standard InChI is InChI=1S/C22H26N8O.C21H24N8O/c1-28-8-6-18(7-9-28)29-14-17(13-25-29)26-22-24-12-16-10-15(11-23)21(31)30(20(16)27-22)19-4-2-3-5-19;22-10-14-9-15-11-24-21(27-19(15)29(20(14)30)18-3-1-2-4-18)26-16-12-25-28(13-16)17-5-7-23-8-6-17/h10,12-14,18-19H,2-9H2,1H3,(H,24,26,27);9,11-13,17-18,23H,1-8H2,(H,24,26,27). The average Bonchev–Trinajstić information content (AvgIpc) is 4.14. The second kappa shape index (κ2) is 17.6. The van der Waals surface area contributed by atoms with E-state index in [1.54, 1.807) is 46.1 Å². The highest BCUT2D eigenvalue weighted by molar-refractivity contribution is 5.78. The number of nitriles is 2. The third kappa shape index (κ3) is 8.46. The molecule has 0 bridgehead atoms. The predicted octanol–water partition coefficient (Wildman–Crippen LogP) is 5.63. The lowest BCUT2D eigenvalue weighted by Crippen LogP contribution is -2.31. The van der Waals surface area contributed by atoms with Crippen molar-refractivity contribution in [3.05, 3.63) is 81.1 Å². The number of piperidine rings is 2. The Morgan fingerprint density at radius 2 is 1.07 bits per heavy atom. The summed E-state index contributed by atoms with van der Waals surface area (Å²) in [6, 6.07) is 8.18. The Morgan fingerprint density at radius 3 is 1.51 bits per heavy atom. The Labute approximate surface area is 352 Å². The van der Waals surface area contributed by atoms with Crippen molar-refractivity contribution in [3.8, 4) is 12.1 Å². The van der Waals surface area contributed by atoms with Gasteiger partial charge in [-0.15, -0.1) is 0 Å². The molecule has 0 atom stereocenters. The Balaban J connectivity index is 0.000000156. The summed E-state index contributed by atoms with van der Waals surface area (Å²) in [5.41, 5.74) is 2.55. The van der Waals surface area contributed by atoms with Crippen molar-refractivity contribution in [2.24, 2.45) is 0 Å². The van der Waals surface area contributed by atoms with Gasteiger partial charge < -0.3 is 20.9 Å². The molecule has 10 rings (SSSR count). The van der Waals surface area contributed by atoms with Crippen LogP contribution in [0.3, 0.4) is 0 Å². The molecule has 6 aromatic rings. The van der Waals surface area contributed by atoms with Crippen LogP contribution >= 0.6 is 0 Å². The zero-order valence-electron chi connectivity index (χ0n) is 34.4. The van der Waals surface area contributed by atoms with Gasteiger partial charge >= 0.3 is 0 Å². The third-order valence-electron chi connectivity index (χ3n) is 12.6. The number of nitrogens with one attached hydrogen (secondary N) is 3. The Kier molecular flexibility index (Phi) is 11.5. The maximum absolute atomic E-state index is 12.9. The van der Waals surface area contributed by atoms with Crippen molar-refractivity contribution in [1.29, 1.82) is 10.5 Å². The van der Waals surface area contributed by atoms with Crippen molar-refractivity contribution in [1.82, 2.24) is 58.8 Å². The van der Waals surface area contributed by atoms with Crippen LogP contribution in [0.5, 0.6) is 0 Å². The van der Waals surface area contributed by atoms with Crippen LogP contribution in [-0.4, -0.2) is 86.8 Å². The summed E-state index contributed by atoms with van der Waals surface area (Å²) in [5.74, 6) is 0.842. The lowest BCUT2D eigenvalue weighted by atomic mass is 10.1. The van der Waals surface area contributed by atoms with Gasteiger partial charge in [-0.2, -0.15) is 30.7 Å². The van der Waals surface area contributed by atoms with E-state index in [9.17, 15) is 20.1 Å². The Hall–Kier alpha value is -6.50. The van der Waals surface area contributed by atoms with E-state index in [4.69, 9.17) is 0 Å². The average molecular weight is 823 g/mol. The molecular formula is C43H50N16O2. The van der Waals surface area contributed by atoms with Gasteiger partial charge in [0, 0.05) is 47.6 Å². The number of hydrogen-bond acceptors (Lipinski definition) is 14. The molecule has 4 aliphatic rings. The molecule has 6 aromatic heterocycles. The highest BCUT2D eigenvalue weighted by Crippen LogP contribution is 2.33. The fourth-order valence-electron chi connectivity index (χ4n) is 9.32. The van der Waals surface area contributed by atoms with E-state index in [1.807, 2.05) is 33.9 Å². The van der Waals surface area contributed by atoms with Gasteiger partial charge in [-0.1, -0.05) is 25.7 Å². The molecule has 0 amide bonds. The van der Waals surface area contributed by atoms with Crippen molar-refractivity contribution in [3.63, 3.8) is 0 Å². The van der Waals surface area contributed by atoms with Crippen LogP contribution in [0, 0.1) is 22.7 Å². The maximum Gasteiger partial charge on any atom is 0.270 e. The smallest absolute Gasteiger partial charge is 0.270 e. The zero-order chi connectivity index (χ0) is 41.9. The first-order chi connectivity index (χ1) is 29.8. The third-order valence-corrected chi connectivity index (χ3v) is 12.6. The second-order valence-electron chi connectivity index (χ2n) is 16.7. The van der Waals surface area contributed by atoms with Crippen LogP contribution in [0.25, 0.3) is 22.1 Å². The highest BCUT2D eigenvalue weighted by Gasteiger charge is 2.25. The van der Waals surface area contributed by atoms with Gasteiger partial charge in [0.15, 0.2) is 0 Å². The first-order valence-electron chi connectivity index (χ1n) is 21.5. The van der Waals surface area contributed by atoms with Crippen LogP contribution in [0.2, 0.25) is 0 Å². The van der Waals surface area contributed by atoms with Crippen LogP contribution in [-0.2, 0) is 0 Å².